The van der Waals surface area contributed by atoms with Gasteiger partial charge in [0.1, 0.15) is 0 Å². The lowest BCUT2D eigenvalue weighted by molar-refractivity contribution is -0.128. The Kier molecular flexibility index (Phi) is 9.06. The molecule has 0 heterocycles. The monoisotopic (exact) mass is 347 g/mol. The van der Waals surface area contributed by atoms with Gasteiger partial charge in [-0.05, 0) is 31.0 Å². The van der Waals surface area contributed by atoms with E-state index in [1.807, 2.05) is 25.1 Å². The summed E-state index contributed by atoms with van der Waals surface area (Å²) in [6, 6.07) is 7.56. The van der Waals surface area contributed by atoms with Crippen LogP contribution in [-0.4, -0.2) is 63.5 Å². The standard InChI is InChI=1S/C18H29N5O2/c1-5-20-18(22-12-10-16(24)23(3)4)21-11-9-14-7-6-8-15(13-14)17(25)19-2/h6-8,13H,5,9-12H2,1-4H3,(H,19,25)(H2,20,21,22). The van der Waals surface area contributed by atoms with Gasteiger partial charge in [-0.1, -0.05) is 12.1 Å². The van der Waals surface area contributed by atoms with E-state index < -0.39 is 0 Å². The van der Waals surface area contributed by atoms with Crippen LogP contribution in [-0.2, 0) is 11.2 Å². The van der Waals surface area contributed by atoms with Crippen molar-refractivity contribution in [3.63, 3.8) is 0 Å². The van der Waals surface area contributed by atoms with Gasteiger partial charge in [0.15, 0.2) is 5.96 Å². The number of benzene rings is 1. The van der Waals surface area contributed by atoms with Crippen molar-refractivity contribution in [1.29, 1.82) is 0 Å². The Balaban J connectivity index is 2.52. The Morgan fingerprint density at radius 3 is 2.60 bits per heavy atom. The summed E-state index contributed by atoms with van der Waals surface area (Å²) >= 11 is 0. The number of amides is 2. The summed E-state index contributed by atoms with van der Waals surface area (Å²) in [5, 5.41) is 9.03. The largest absolute Gasteiger partial charge is 0.357 e. The van der Waals surface area contributed by atoms with E-state index in [4.69, 9.17) is 0 Å². The summed E-state index contributed by atoms with van der Waals surface area (Å²) < 4.78 is 0. The van der Waals surface area contributed by atoms with Crippen molar-refractivity contribution in [1.82, 2.24) is 20.9 Å². The highest BCUT2D eigenvalue weighted by Gasteiger charge is 2.05. The number of nitrogens with zero attached hydrogens (tertiary/aromatic N) is 2. The first-order chi connectivity index (χ1) is 12.0. The van der Waals surface area contributed by atoms with E-state index >= 15 is 0 Å². The Hall–Kier alpha value is -2.57. The molecule has 7 nitrogen and oxygen atoms in total. The van der Waals surface area contributed by atoms with Crippen molar-refractivity contribution in [2.24, 2.45) is 4.99 Å². The highest BCUT2D eigenvalue weighted by molar-refractivity contribution is 5.94. The number of rotatable bonds is 8. The van der Waals surface area contributed by atoms with Gasteiger partial charge in [0.05, 0.1) is 6.54 Å². The van der Waals surface area contributed by atoms with Gasteiger partial charge in [-0.3, -0.25) is 14.6 Å². The van der Waals surface area contributed by atoms with Crippen molar-refractivity contribution in [2.75, 3.05) is 40.8 Å². The predicted octanol–water partition coefficient (Wildman–Crippen LogP) is 0.622. The first kappa shape index (κ1) is 20.5. The lowest BCUT2D eigenvalue weighted by atomic mass is 10.1. The quantitative estimate of drug-likeness (QED) is 0.475. The lowest BCUT2D eigenvalue weighted by Gasteiger charge is -2.12. The second kappa shape index (κ2) is 11.1. The normalized spacial score (nSPS) is 11.0. The summed E-state index contributed by atoms with van der Waals surface area (Å²) in [5.41, 5.74) is 1.73. The van der Waals surface area contributed by atoms with Crippen LogP contribution in [0, 0.1) is 0 Å². The predicted molar refractivity (Wildman–Crippen MR) is 101 cm³/mol. The highest BCUT2D eigenvalue weighted by atomic mass is 16.2. The van der Waals surface area contributed by atoms with Gasteiger partial charge in [0.2, 0.25) is 5.91 Å². The fourth-order valence-corrected chi connectivity index (χ4v) is 2.17. The molecule has 0 aliphatic carbocycles. The van der Waals surface area contributed by atoms with Crippen LogP contribution in [0.1, 0.15) is 29.3 Å². The van der Waals surface area contributed by atoms with Crippen LogP contribution in [0.5, 0.6) is 0 Å². The number of carbonyl (C=O) groups is 2. The smallest absolute Gasteiger partial charge is 0.251 e. The average molecular weight is 347 g/mol. The van der Waals surface area contributed by atoms with Crippen molar-refractivity contribution in [3.05, 3.63) is 35.4 Å². The van der Waals surface area contributed by atoms with E-state index in [9.17, 15) is 9.59 Å². The summed E-state index contributed by atoms with van der Waals surface area (Å²) in [6.07, 6.45) is 1.16. The Bertz CT molecular complexity index is 599. The minimum absolute atomic E-state index is 0.0608. The third-order valence-corrected chi connectivity index (χ3v) is 3.56. The summed E-state index contributed by atoms with van der Waals surface area (Å²) in [4.78, 5) is 29.2. The molecule has 1 aromatic rings. The molecule has 0 radical (unpaired) electrons. The van der Waals surface area contributed by atoms with Gasteiger partial charge in [-0.25, -0.2) is 0 Å². The molecule has 0 saturated heterocycles. The molecule has 3 N–H and O–H groups in total. The van der Waals surface area contributed by atoms with Crippen LogP contribution in [0.3, 0.4) is 0 Å². The van der Waals surface area contributed by atoms with Crippen molar-refractivity contribution >= 4 is 17.8 Å². The molecule has 1 rings (SSSR count). The molecule has 0 atom stereocenters. The average Bonchev–Trinajstić information content (AvgIpc) is 2.61. The Morgan fingerprint density at radius 2 is 1.96 bits per heavy atom. The molecule has 0 aromatic heterocycles. The third-order valence-electron chi connectivity index (χ3n) is 3.56. The maximum atomic E-state index is 11.7. The van der Waals surface area contributed by atoms with E-state index in [0.717, 1.165) is 18.5 Å². The number of nitrogens with one attached hydrogen (secondary N) is 3. The zero-order chi connectivity index (χ0) is 18.7. The molecular weight excluding hydrogens is 318 g/mol. The summed E-state index contributed by atoms with van der Waals surface area (Å²) in [6.45, 7) is 3.87. The Labute approximate surface area is 149 Å². The minimum atomic E-state index is -0.0877. The molecule has 0 fully saturated rings. The van der Waals surface area contributed by atoms with Gasteiger partial charge >= 0.3 is 0 Å². The van der Waals surface area contributed by atoms with Gasteiger partial charge in [-0.15, -0.1) is 0 Å². The molecule has 138 valence electrons. The van der Waals surface area contributed by atoms with Crippen LogP contribution in [0.25, 0.3) is 0 Å². The van der Waals surface area contributed by atoms with Crippen LogP contribution in [0.2, 0.25) is 0 Å². The topological polar surface area (TPSA) is 85.8 Å². The molecular formula is C18H29N5O2. The Morgan fingerprint density at radius 1 is 1.20 bits per heavy atom. The van der Waals surface area contributed by atoms with E-state index in [2.05, 4.69) is 20.9 Å². The fraction of sp³-hybridized carbons (Fsp3) is 0.500. The third kappa shape index (κ3) is 7.69. The number of hydrogen-bond acceptors (Lipinski definition) is 3. The maximum absolute atomic E-state index is 11.7. The van der Waals surface area contributed by atoms with E-state index in [1.54, 1.807) is 32.1 Å². The second-order valence-corrected chi connectivity index (χ2v) is 5.76. The van der Waals surface area contributed by atoms with Gasteiger partial charge in [0, 0.05) is 46.2 Å². The lowest BCUT2D eigenvalue weighted by Crippen LogP contribution is -2.38. The van der Waals surface area contributed by atoms with E-state index in [1.165, 1.54) is 0 Å². The van der Waals surface area contributed by atoms with Crippen LogP contribution < -0.4 is 16.0 Å². The molecule has 2 amide bonds. The first-order valence-electron chi connectivity index (χ1n) is 8.51. The van der Waals surface area contributed by atoms with E-state index in [0.29, 0.717) is 31.0 Å². The molecule has 7 heteroatoms. The number of guanidine groups is 1. The zero-order valence-corrected chi connectivity index (χ0v) is 15.6. The molecule has 1 aromatic carbocycles. The van der Waals surface area contributed by atoms with Crippen molar-refractivity contribution in [2.45, 2.75) is 19.8 Å². The van der Waals surface area contributed by atoms with Crippen molar-refractivity contribution in [3.8, 4) is 0 Å². The highest BCUT2D eigenvalue weighted by Crippen LogP contribution is 2.05. The molecule has 0 aliphatic heterocycles. The zero-order valence-electron chi connectivity index (χ0n) is 15.6. The molecule has 0 aliphatic rings. The van der Waals surface area contributed by atoms with Gasteiger partial charge in [-0.2, -0.15) is 0 Å². The summed E-state index contributed by atoms with van der Waals surface area (Å²) in [7, 11) is 5.10. The van der Waals surface area contributed by atoms with Crippen LogP contribution in [0.15, 0.2) is 29.3 Å². The number of hydrogen-bond donors (Lipinski definition) is 3. The molecule has 0 spiro atoms. The van der Waals surface area contributed by atoms with Crippen LogP contribution >= 0.6 is 0 Å². The van der Waals surface area contributed by atoms with Gasteiger partial charge in [0.25, 0.3) is 5.91 Å². The van der Waals surface area contributed by atoms with Crippen molar-refractivity contribution < 1.29 is 9.59 Å². The minimum Gasteiger partial charge on any atom is -0.357 e. The molecule has 0 unspecified atom stereocenters. The fourth-order valence-electron chi connectivity index (χ4n) is 2.17. The molecule has 25 heavy (non-hydrogen) atoms. The SMILES string of the molecule is CCNC(=NCCC(=O)N(C)C)NCCc1cccc(C(=O)NC)c1. The van der Waals surface area contributed by atoms with Crippen LogP contribution in [0.4, 0.5) is 0 Å². The maximum Gasteiger partial charge on any atom is 0.251 e. The number of carbonyl (C=O) groups excluding carboxylic acids is 2. The first-order valence-corrected chi connectivity index (χ1v) is 8.51. The summed E-state index contributed by atoms with van der Waals surface area (Å²) in [5.74, 6) is 0.664. The van der Waals surface area contributed by atoms with Gasteiger partial charge < -0.3 is 20.9 Å². The number of aliphatic imine (C=N–C) groups is 1. The van der Waals surface area contributed by atoms with E-state index in [-0.39, 0.29) is 11.8 Å². The molecule has 0 bridgehead atoms. The second-order valence-electron chi connectivity index (χ2n) is 5.76. The molecule has 0 saturated carbocycles.